The molecule has 144 valence electrons. The van der Waals surface area contributed by atoms with Crippen molar-refractivity contribution in [3.63, 3.8) is 0 Å². The Morgan fingerprint density at radius 3 is 2.70 bits per heavy atom. The molecule has 2 aromatic rings. The quantitative estimate of drug-likeness (QED) is 0.831. The molecule has 2 atom stereocenters. The Bertz CT molecular complexity index is 819. The first kappa shape index (κ1) is 18.2. The summed E-state index contributed by atoms with van der Waals surface area (Å²) in [6, 6.07) is 8.50. The molecule has 27 heavy (non-hydrogen) atoms. The van der Waals surface area contributed by atoms with Crippen molar-refractivity contribution in [2.45, 2.75) is 46.7 Å². The van der Waals surface area contributed by atoms with Crippen molar-refractivity contribution in [1.29, 1.82) is 0 Å². The van der Waals surface area contributed by atoms with E-state index < -0.39 is 0 Å². The van der Waals surface area contributed by atoms with E-state index in [9.17, 15) is 4.79 Å². The van der Waals surface area contributed by atoms with Crippen LogP contribution in [0.3, 0.4) is 0 Å². The van der Waals surface area contributed by atoms with Crippen LogP contribution in [0.15, 0.2) is 28.7 Å². The zero-order chi connectivity index (χ0) is 19.0. The van der Waals surface area contributed by atoms with Gasteiger partial charge in [-0.3, -0.25) is 9.69 Å². The zero-order valence-corrected chi connectivity index (χ0v) is 16.6. The number of rotatable bonds is 3. The molecule has 0 radical (unpaired) electrons. The third-order valence-corrected chi connectivity index (χ3v) is 5.80. The molecule has 3 heterocycles. The number of fused-ring (bicyclic) bond motifs is 1. The molecule has 1 aromatic carbocycles. The predicted molar refractivity (Wildman–Crippen MR) is 104 cm³/mol. The summed E-state index contributed by atoms with van der Waals surface area (Å²) in [5.74, 6) is 2.18. The molecule has 0 bridgehead atoms. The molecule has 0 unspecified atom stereocenters. The second-order valence-electron chi connectivity index (χ2n) is 8.43. The van der Waals surface area contributed by atoms with Crippen LogP contribution in [0.5, 0.6) is 0 Å². The SMILES string of the molecule is Cc1ccccc1CN1CCc2oc(C(=O)N3C[C@H](C)C[C@H](C)C3)nc2C1. The predicted octanol–water partition coefficient (Wildman–Crippen LogP) is 3.66. The van der Waals surface area contributed by atoms with Gasteiger partial charge in [0.1, 0.15) is 5.76 Å². The fourth-order valence-corrected chi connectivity index (χ4v) is 4.47. The highest BCUT2D eigenvalue weighted by Gasteiger charge is 2.31. The summed E-state index contributed by atoms with van der Waals surface area (Å²) in [6.45, 7) is 10.8. The summed E-state index contributed by atoms with van der Waals surface area (Å²) >= 11 is 0. The summed E-state index contributed by atoms with van der Waals surface area (Å²) in [5.41, 5.74) is 3.58. The number of aryl methyl sites for hydroxylation is 1. The highest BCUT2D eigenvalue weighted by Crippen LogP contribution is 2.25. The normalized spacial score (nSPS) is 23.3. The van der Waals surface area contributed by atoms with Gasteiger partial charge in [0.15, 0.2) is 0 Å². The van der Waals surface area contributed by atoms with Crippen molar-refractivity contribution in [2.75, 3.05) is 19.6 Å². The molecule has 0 spiro atoms. The molecule has 0 aliphatic carbocycles. The molecule has 0 saturated carbocycles. The monoisotopic (exact) mass is 367 g/mol. The number of benzene rings is 1. The van der Waals surface area contributed by atoms with Gasteiger partial charge in [0.05, 0.1) is 5.69 Å². The molecule has 5 heteroatoms. The van der Waals surface area contributed by atoms with E-state index in [1.54, 1.807) is 0 Å². The number of oxazole rings is 1. The van der Waals surface area contributed by atoms with Gasteiger partial charge < -0.3 is 9.32 Å². The minimum atomic E-state index is -0.0479. The highest BCUT2D eigenvalue weighted by atomic mass is 16.4. The van der Waals surface area contributed by atoms with E-state index in [1.165, 1.54) is 17.5 Å². The average molecular weight is 367 g/mol. The number of aromatic nitrogens is 1. The summed E-state index contributed by atoms with van der Waals surface area (Å²) < 4.78 is 5.88. The molecular weight excluding hydrogens is 338 g/mol. The summed E-state index contributed by atoms with van der Waals surface area (Å²) in [4.78, 5) is 21.8. The van der Waals surface area contributed by atoms with E-state index in [1.807, 2.05) is 4.90 Å². The smallest absolute Gasteiger partial charge is 0.309 e. The van der Waals surface area contributed by atoms with Gasteiger partial charge in [0.2, 0.25) is 0 Å². The van der Waals surface area contributed by atoms with Gasteiger partial charge in [-0.1, -0.05) is 38.1 Å². The lowest BCUT2D eigenvalue weighted by Gasteiger charge is -2.34. The third kappa shape index (κ3) is 3.93. The molecule has 1 aromatic heterocycles. The van der Waals surface area contributed by atoms with E-state index in [-0.39, 0.29) is 11.8 Å². The second kappa shape index (κ2) is 7.47. The van der Waals surface area contributed by atoms with Gasteiger partial charge in [-0.25, -0.2) is 4.98 Å². The standard InChI is InChI=1S/C22H29N3O2/c1-15-10-16(2)12-25(11-15)22(26)21-23-19-14-24(9-8-20(19)27-21)13-18-7-5-4-6-17(18)3/h4-7,15-16H,8-14H2,1-3H3/t15-,16+. The Kier molecular flexibility index (Phi) is 5.04. The highest BCUT2D eigenvalue weighted by molar-refractivity contribution is 5.89. The van der Waals surface area contributed by atoms with E-state index >= 15 is 0 Å². The van der Waals surface area contributed by atoms with E-state index in [4.69, 9.17) is 4.42 Å². The summed E-state index contributed by atoms with van der Waals surface area (Å²) in [5, 5.41) is 0. The Labute approximate surface area is 161 Å². The fourth-order valence-electron chi connectivity index (χ4n) is 4.47. The lowest BCUT2D eigenvalue weighted by molar-refractivity contribution is 0.0581. The van der Waals surface area contributed by atoms with Crippen LogP contribution < -0.4 is 0 Å². The third-order valence-electron chi connectivity index (χ3n) is 5.80. The number of carbonyl (C=O) groups excluding carboxylic acids is 1. The summed E-state index contributed by atoms with van der Waals surface area (Å²) in [7, 11) is 0. The van der Waals surface area contributed by atoms with Crippen LogP contribution in [-0.4, -0.2) is 40.3 Å². The lowest BCUT2D eigenvalue weighted by atomic mass is 9.92. The molecule has 2 aliphatic rings. The number of piperidine rings is 1. The molecule has 1 saturated heterocycles. The van der Waals surface area contributed by atoms with E-state index in [0.717, 1.165) is 50.6 Å². The van der Waals surface area contributed by atoms with Gasteiger partial charge >= 0.3 is 5.91 Å². The van der Waals surface area contributed by atoms with Crippen molar-refractivity contribution in [2.24, 2.45) is 11.8 Å². The van der Waals surface area contributed by atoms with Gasteiger partial charge in [-0.2, -0.15) is 0 Å². The average Bonchev–Trinajstić information content (AvgIpc) is 3.05. The van der Waals surface area contributed by atoms with Crippen LogP contribution in [0.25, 0.3) is 0 Å². The van der Waals surface area contributed by atoms with Gasteiger partial charge in [-0.05, 0) is 36.3 Å². The van der Waals surface area contributed by atoms with Crippen LogP contribution in [-0.2, 0) is 19.5 Å². The van der Waals surface area contributed by atoms with Crippen LogP contribution in [0.2, 0.25) is 0 Å². The Balaban J connectivity index is 1.45. The molecular formula is C22H29N3O2. The fraction of sp³-hybridized carbons (Fsp3) is 0.545. The van der Waals surface area contributed by atoms with E-state index in [0.29, 0.717) is 11.8 Å². The molecule has 1 amide bonds. The molecule has 1 fully saturated rings. The van der Waals surface area contributed by atoms with Gasteiger partial charge in [0.25, 0.3) is 5.89 Å². The van der Waals surface area contributed by atoms with Crippen LogP contribution >= 0.6 is 0 Å². The first-order valence-corrected chi connectivity index (χ1v) is 10.0. The van der Waals surface area contributed by atoms with Gasteiger partial charge in [0, 0.05) is 39.1 Å². The minimum absolute atomic E-state index is 0.0479. The van der Waals surface area contributed by atoms with Crippen molar-refractivity contribution in [3.8, 4) is 0 Å². The number of amides is 1. The van der Waals surface area contributed by atoms with Crippen LogP contribution in [0, 0.1) is 18.8 Å². The number of carbonyl (C=O) groups is 1. The Morgan fingerprint density at radius 2 is 1.96 bits per heavy atom. The first-order valence-electron chi connectivity index (χ1n) is 10.0. The number of nitrogens with zero attached hydrogens (tertiary/aromatic N) is 3. The maximum atomic E-state index is 12.9. The minimum Gasteiger partial charge on any atom is -0.437 e. The maximum absolute atomic E-state index is 12.9. The molecule has 0 N–H and O–H groups in total. The number of likely N-dealkylation sites (tertiary alicyclic amines) is 1. The second-order valence-corrected chi connectivity index (χ2v) is 8.43. The number of hydrogen-bond acceptors (Lipinski definition) is 4. The molecule has 4 rings (SSSR count). The lowest BCUT2D eigenvalue weighted by Crippen LogP contribution is -2.42. The zero-order valence-electron chi connectivity index (χ0n) is 16.6. The Hall–Kier alpha value is -2.14. The van der Waals surface area contributed by atoms with Crippen LogP contribution in [0.4, 0.5) is 0 Å². The van der Waals surface area contributed by atoms with E-state index in [2.05, 4.69) is 54.9 Å². The Morgan fingerprint density at radius 1 is 1.22 bits per heavy atom. The topological polar surface area (TPSA) is 49.6 Å². The summed E-state index contributed by atoms with van der Waals surface area (Å²) in [6.07, 6.45) is 1.99. The van der Waals surface area contributed by atoms with Crippen LogP contribution in [0.1, 0.15) is 53.5 Å². The van der Waals surface area contributed by atoms with Gasteiger partial charge in [-0.15, -0.1) is 0 Å². The van der Waals surface area contributed by atoms with Crippen molar-refractivity contribution >= 4 is 5.91 Å². The number of hydrogen-bond donors (Lipinski definition) is 0. The van der Waals surface area contributed by atoms with Crippen molar-refractivity contribution < 1.29 is 9.21 Å². The van der Waals surface area contributed by atoms with Crippen molar-refractivity contribution in [1.82, 2.24) is 14.8 Å². The first-order chi connectivity index (χ1) is 13.0. The molecule has 2 aliphatic heterocycles. The molecule has 5 nitrogen and oxygen atoms in total. The van der Waals surface area contributed by atoms with Crippen molar-refractivity contribution in [3.05, 3.63) is 52.7 Å². The maximum Gasteiger partial charge on any atom is 0.309 e. The largest absolute Gasteiger partial charge is 0.437 e.